The van der Waals surface area contributed by atoms with E-state index in [2.05, 4.69) is 0 Å². The van der Waals surface area contributed by atoms with E-state index in [0.717, 1.165) is 16.0 Å². The average molecular weight is 247 g/mol. The van der Waals surface area contributed by atoms with Crippen LogP contribution in [0.25, 0.3) is 11.1 Å². The summed E-state index contributed by atoms with van der Waals surface area (Å²) in [7, 11) is 0. The summed E-state index contributed by atoms with van der Waals surface area (Å²) in [6, 6.07) is 9.78. The summed E-state index contributed by atoms with van der Waals surface area (Å²) in [6.45, 7) is 3.34. The number of carbonyl (C=O) groups is 1. The van der Waals surface area contributed by atoms with Crippen molar-refractivity contribution in [1.29, 1.82) is 0 Å². The van der Waals surface area contributed by atoms with Crippen LogP contribution in [-0.2, 0) is 4.79 Å². The third-order valence-corrected chi connectivity index (χ3v) is 3.29. The van der Waals surface area contributed by atoms with Gasteiger partial charge in [-0.05, 0) is 12.5 Å². The second kappa shape index (κ2) is 4.59. The molecular formula is C13H13NO2S. The van der Waals surface area contributed by atoms with Gasteiger partial charge < -0.3 is 10.5 Å². The largest absolute Gasteiger partial charge is 0.423 e. The molecule has 2 aromatic rings. The molecule has 2 rings (SSSR count). The van der Waals surface area contributed by atoms with Crippen molar-refractivity contribution in [3.8, 4) is 16.9 Å². The zero-order valence-electron chi connectivity index (χ0n) is 9.69. The van der Waals surface area contributed by atoms with Crippen LogP contribution in [-0.4, -0.2) is 5.97 Å². The van der Waals surface area contributed by atoms with Gasteiger partial charge in [-0.25, -0.2) is 0 Å². The van der Waals surface area contributed by atoms with Gasteiger partial charge in [-0.3, -0.25) is 4.79 Å². The maximum Gasteiger partial charge on any atom is 0.308 e. The smallest absolute Gasteiger partial charge is 0.308 e. The predicted octanol–water partition coefficient (Wildman–Crippen LogP) is 3.23. The van der Waals surface area contributed by atoms with E-state index in [9.17, 15) is 4.79 Å². The highest BCUT2D eigenvalue weighted by Crippen LogP contribution is 2.44. The Balaban J connectivity index is 2.56. The van der Waals surface area contributed by atoms with Gasteiger partial charge in [0.15, 0.2) is 5.75 Å². The van der Waals surface area contributed by atoms with Crippen molar-refractivity contribution in [2.24, 2.45) is 0 Å². The van der Waals surface area contributed by atoms with Crippen molar-refractivity contribution in [2.75, 3.05) is 5.73 Å². The summed E-state index contributed by atoms with van der Waals surface area (Å²) < 4.78 is 5.20. The highest BCUT2D eigenvalue weighted by molar-refractivity contribution is 7.16. The van der Waals surface area contributed by atoms with Crippen LogP contribution in [0.15, 0.2) is 30.3 Å². The lowest BCUT2D eigenvalue weighted by atomic mass is 10.1. The van der Waals surface area contributed by atoms with Crippen LogP contribution in [0.5, 0.6) is 5.75 Å². The van der Waals surface area contributed by atoms with Crippen molar-refractivity contribution in [3.05, 3.63) is 35.2 Å². The molecule has 0 aliphatic carbocycles. The summed E-state index contributed by atoms with van der Waals surface area (Å²) in [5.74, 6) is 0.123. The van der Waals surface area contributed by atoms with Crippen molar-refractivity contribution in [1.82, 2.24) is 0 Å². The Labute approximate surface area is 104 Å². The highest BCUT2D eigenvalue weighted by Gasteiger charge is 2.18. The summed E-state index contributed by atoms with van der Waals surface area (Å²) in [6.07, 6.45) is 0. The van der Waals surface area contributed by atoms with Gasteiger partial charge >= 0.3 is 5.97 Å². The molecule has 1 heterocycles. The SMILES string of the molecule is CC(=O)Oc1c(N)sc(C)c1-c1ccccc1. The van der Waals surface area contributed by atoms with Gasteiger partial charge in [-0.2, -0.15) is 0 Å². The molecule has 0 saturated heterocycles. The molecule has 17 heavy (non-hydrogen) atoms. The molecule has 0 radical (unpaired) electrons. The molecule has 1 aromatic carbocycles. The Hall–Kier alpha value is -1.81. The first-order valence-electron chi connectivity index (χ1n) is 5.22. The molecule has 0 saturated carbocycles. The maximum absolute atomic E-state index is 11.1. The van der Waals surface area contributed by atoms with Crippen molar-refractivity contribution in [2.45, 2.75) is 13.8 Å². The van der Waals surface area contributed by atoms with E-state index in [4.69, 9.17) is 10.5 Å². The first-order chi connectivity index (χ1) is 8.09. The van der Waals surface area contributed by atoms with Crippen LogP contribution in [0.4, 0.5) is 5.00 Å². The fraction of sp³-hybridized carbons (Fsp3) is 0.154. The minimum atomic E-state index is -0.355. The van der Waals surface area contributed by atoms with Gasteiger partial charge in [-0.1, -0.05) is 30.3 Å². The molecule has 2 N–H and O–H groups in total. The number of benzene rings is 1. The van der Waals surface area contributed by atoms with Crippen LogP contribution < -0.4 is 10.5 Å². The second-order valence-electron chi connectivity index (χ2n) is 3.69. The van der Waals surface area contributed by atoms with Gasteiger partial charge in [0.2, 0.25) is 0 Å². The fourth-order valence-corrected chi connectivity index (χ4v) is 2.61. The molecule has 3 nitrogen and oxygen atoms in total. The molecule has 88 valence electrons. The number of carbonyl (C=O) groups excluding carboxylic acids is 1. The maximum atomic E-state index is 11.1. The number of anilines is 1. The lowest BCUT2D eigenvalue weighted by molar-refractivity contribution is -0.131. The Kier molecular flexibility index (Phi) is 3.15. The number of aryl methyl sites for hydroxylation is 1. The van der Waals surface area contributed by atoms with Crippen LogP contribution in [0.2, 0.25) is 0 Å². The monoisotopic (exact) mass is 247 g/mol. The highest BCUT2D eigenvalue weighted by atomic mass is 32.1. The molecule has 0 fully saturated rings. The van der Waals surface area contributed by atoms with E-state index in [-0.39, 0.29) is 5.97 Å². The van der Waals surface area contributed by atoms with E-state index in [1.54, 1.807) is 0 Å². The first kappa shape index (κ1) is 11.7. The molecule has 0 aliphatic rings. The van der Waals surface area contributed by atoms with Crippen molar-refractivity contribution < 1.29 is 9.53 Å². The van der Waals surface area contributed by atoms with Gasteiger partial charge in [0.05, 0.1) is 0 Å². The fourth-order valence-electron chi connectivity index (χ4n) is 1.73. The molecule has 4 heteroatoms. The average Bonchev–Trinajstić information content (AvgIpc) is 2.54. The number of thiophene rings is 1. The van der Waals surface area contributed by atoms with E-state index in [1.807, 2.05) is 37.3 Å². The second-order valence-corrected chi connectivity index (χ2v) is 4.94. The van der Waals surface area contributed by atoms with Gasteiger partial charge in [-0.15, -0.1) is 11.3 Å². The quantitative estimate of drug-likeness (QED) is 0.829. The number of ether oxygens (including phenoxy) is 1. The third-order valence-electron chi connectivity index (χ3n) is 2.37. The van der Waals surface area contributed by atoms with E-state index < -0.39 is 0 Å². The van der Waals surface area contributed by atoms with Gasteiger partial charge in [0, 0.05) is 17.4 Å². The summed E-state index contributed by atoms with van der Waals surface area (Å²) >= 11 is 1.43. The minimum Gasteiger partial charge on any atom is -0.423 e. The molecule has 1 aromatic heterocycles. The van der Waals surface area contributed by atoms with Crippen molar-refractivity contribution >= 4 is 22.3 Å². The number of hydrogen-bond acceptors (Lipinski definition) is 4. The Morgan fingerprint density at radius 3 is 2.53 bits per heavy atom. The zero-order chi connectivity index (χ0) is 12.4. The number of nitrogen functional groups attached to an aromatic ring is 1. The number of nitrogens with two attached hydrogens (primary N) is 1. The number of hydrogen-bond donors (Lipinski definition) is 1. The van der Waals surface area contributed by atoms with Crippen molar-refractivity contribution in [3.63, 3.8) is 0 Å². The summed E-state index contributed by atoms with van der Waals surface area (Å²) in [5.41, 5.74) is 7.78. The standard InChI is InChI=1S/C13H13NO2S/c1-8-11(10-6-4-3-5-7-10)12(13(14)17-8)16-9(2)15/h3-7H,14H2,1-2H3. The molecule has 0 amide bonds. The van der Waals surface area contributed by atoms with Gasteiger partial charge in [0.25, 0.3) is 0 Å². The third kappa shape index (κ3) is 2.31. The Morgan fingerprint density at radius 1 is 1.29 bits per heavy atom. The molecule has 0 bridgehead atoms. The molecular weight excluding hydrogens is 234 g/mol. The minimum absolute atomic E-state index is 0.355. The zero-order valence-corrected chi connectivity index (χ0v) is 10.5. The number of rotatable bonds is 2. The summed E-state index contributed by atoms with van der Waals surface area (Å²) in [5, 5.41) is 0.538. The van der Waals surface area contributed by atoms with E-state index in [1.165, 1.54) is 18.3 Å². The topological polar surface area (TPSA) is 52.3 Å². The van der Waals surface area contributed by atoms with Crippen LogP contribution in [0.3, 0.4) is 0 Å². The van der Waals surface area contributed by atoms with Crippen LogP contribution >= 0.6 is 11.3 Å². The van der Waals surface area contributed by atoms with Crippen LogP contribution in [0.1, 0.15) is 11.8 Å². The van der Waals surface area contributed by atoms with E-state index >= 15 is 0 Å². The molecule has 0 aliphatic heterocycles. The van der Waals surface area contributed by atoms with Crippen LogP contribution in [0, 0.1) is 6.92 Å². The lowest BCUT2D eigenvalue weighted by Crippen LogP contribution is -2.03. The normalized spacial score (nSPS) is 10.2. The molecule has 0 spiro atoms. The molecule has 0 atom stereocenters. The van der Waals surface area contributed by atoms with E-state index in [0.29, 0.717) is 10.8 Å². The predicted molar refractivity (Wildman–Crippen MR) is 70.2 cm³/mol. The first-order valence-corrected chi connectivity index (χ1v) is 6.04. The van der Waals surface area contributed by atoms with Gasteiger partial charge in [0.1, 0.15) is 5.00 Å². The Bertz CT molecular complexity index is 546. The lowest BCUT2D eigenvalue weighted by Gasteiger charge is -2.06. The Morgan fingerprint density at radius 2 is 1.94 bits per heavy atom. The summed E-state index contributed by atoms with van der Waals surface area (Å²) in [4.78, 5) is 12.1. The number of esters is 1. The molecule has 0 unspecified atom stereocenters.